The second-order valence-corrected chi connectivity index (χ2v) is 9.67. The predicted molar refractivity (Wildman–Crippen MR) is 96.5 cm³/mol. The van der Waals surface area contributed by atoms with E-state index in [4.69, 9.17) is 0 Å². The maximum atomic E-state index is 12.5. The van der Waals surface area contributed by atoms with E-state index in [1.54, 1.807) is 21.8 Å². The average molecular weight is 374 g/mol. The molecule has 1 N–H and O–H groups in total. The average Bonchev–Trinajstić information content (AvgIpc) is 3.09. The monoisotopic (exact) mass is 373 g/mol. The largest absolute Gasteiger partial charge is 0.355 e. The van der Waals surface area contributed by atoms with Gasteiger partial charge in [0.1, 0.15) is 4.21 Å². The fourth-order valence-electron chi connectivity index (χ4n) is 2.93. The van der Waals surface area contributed by atoms with Gasteiger partial charge in [-0.15, -0.1) is 11.3 Å². The Morgan fingerprint density at radius 3 is 2.62 bits per heavy atom. The third-order valence-electron chi connectivity index (χ3n) is 4.57. The number of thiophene rings is 1. The summed E-state index contributed by atoms with van der Waals surface area (Å²) in [4.78, 5) is 14.3. The maximum Gasteiger partial charge on any atom is 0.252 e. The molecular formula is C16H27N3O3S2. The Morgan fingerprint density at radius 2 is 2.08 bits per heavy atom. The number of sulfonamides is 1. The molecule has 1 aliphatic rings. The minimum absolute atomic E-state index is 0.0661. The van der Waals surface area contributed by atoms with Gasteiger partial charge in [-0.25, -0.2) is 8.42 Å². The fraction of sp³-hybridized carbons (Fsp3) is 0.688. The normalized spacial score (nSPS) is 18.7. The highest BCUT2D eigenvalue weighted by Crippen LogP contribution is 2.29. The van der Waals surface area contributed by atoms with E-state index in [2.05, 4.69) is 5.32 Å². The molecule has 1 aliphatic heterocycles. The first-order valence-corrected chi connectivity index (χ1v) is 10.6. The summed E-state index contributed by atoms with van der Waals surface area (Å²) in [6, 6.07) is 3.40. The molecular weight excluding hydrogens is 346 g/mol. The number of carbonyl (C=O) groups excluding carboxylic acids is 1. The minimum atomic E-state index is -3.37. The van der Waals surface area contributed by atoms with E-state index in [9.17, 15) is 13.2 Å². The molecule has 136 valence electrons. The molecule has 6 nitrogen and oxygen atoms in total. The molecule has 2 heterocycles. The lowest BCUT2D eigenvalue weighted by molar-refractivity contribution is -0.126. The number of hydrogen-bond donors (Lipinski definition) is 1. The summed E-state index contributed by atoms with van der Waals surface area (Å²) in [6.45, 7) is 4.37. The number of piperidine rings is 1. The minimum Gasteiger partial charge on any atom is -0.355 e. The van der Waals surface area contributed by atoms with Crippen LogP contribution in [0.15, 0.2) is 21.7 Å². The van der Waals surface area contributed by atoms with Crippen molar-refractivity contribution in [3.8, 4) is 0 Å². The van der Waals surface area contributed by atoms with Gasteiger partial charge in [-0.1, -0.05) is 13.0 Å². The van der Waals surface area contributed by atoms with Gasteiger partial charge >= 0.3 is 0 Å². The number of rotatable bonds is 7. The van der Waals surface area contributed by atoms with E-state index in [1.807, 2.05) is 25.9 Å². The van der Waals surface area contributed by atoms with Crippen molar-refractivity contribution >= 4 is 27.3 Å². The number of hydrogen-bond acceptors (Lipinski definition) is 5. The summed E-state index contributed by atoms with van der Waals surface area (Å²) in [5, 5.41) is 4.74. The fourth-order valence-corrected chi connectivity index (χ4v) is 5.55. The third-order valence-corrected chi connectivity index (χ3v) is 7.84. The molecule has 1 aromatic rings. The molecule has 1 amide bonds. The van der Waals surface area contributed by atoms with Crippen LogP contribution in [-0.2, 0) is 14.8 Å². The standard InChI is InChI=1S/C16H27N3O3S2/c1-13(16(20)17-8-11-18(2)3)14-6-9-19(10-7-14)24(21,22)15-5-4-12-23-15/h4-5,12-14H,6-11H2,1-3H3,(H,17,20)/t13-/m0/s1. The predicted octanol–water partition coefficient (Wildman–Crippen LogP) is 1.46. The third kappa shape index (κ3) is 4.78. The number of likely N-dealkylation sites (N-methyl/N-ethyl adjacent to an activating group) is 1. The molecule has 0 radical (unpaired) electrons. The summed E-state index contributed by atoms with van der Waals surface area (Å²) in [7, 11) is 0.577. The Bertz CT molecular complexity index is 621. The molecule has 2 rings (SSSR count). The first-order chi connectivity index (χ1) is 11.3. The van der Waals surface area contributed by atoms with Crippen molar-refractivity contribution in [2.45, 2.75) is 24.0 Å². The van der Waals surface area contributed by atoms with Gasteiger partial charge in [0.2, 0.25) is 5.91 Å². The smallest absolute Gasteiger partial charge is 0.252 e. The van der Waals surface area contributed by atoms with Crippen LogP contribution in [0.2, 0.25) is 0 Å². The van der Waals surface area contributed by atoms with E-state index < -0.39 is 10.0 Å². The number of nitrogens with one attached hydrogen (secondary N) is 1. The van der Waals surface area contributed by atoms with Crippen LogP contribution in [0.5, 0.6) is 0 Å². The van der Waals surface area contributed by atoms with Gasteiger partial charge in [-0.3, -0.25) is 4.79 Å². The molecule has 0 saturated carbocycles. The maximum absolute atomic E-state index is 12.5. The number of amides is 1. The molecule has 1 fully saturated rings. The van der Waals surface area contributed by atoms with Crippen LogP contribution in [0.4, 0.5) is 0 Å². The van der Waals surface area contributed by atoms with Gasteiger partial charge in [-0.2, -0.15) is 4.31 Å². The number of carbonyl (C=O) groups is 1. The molecule has 0 aromatic carbocycles. The molecule has 1 aromatic heterocycles. The van der Waals surface area contributed by atoms with Crippen LogP contribution >= 0.6 is 11.3 Å². The molecule has 0 spiro atoms. The highest BCUT2D eigenvalue weighted by Gasteiger charge is 2.33. The van der Waals surface area contributed by atoms with E-state index in [0.717, 1.165) is 19.4 Å². The van der Waals surface area contributed by atoms with Crippen LogP contribution in [0.25, 0.3) is 0 Å². The van der Waals surface area contributed by atoms with Crippen LogP contribution in [0.3, 0.4) is 0 Å². The highest BCUT2D eigenvalue weighted by molar-refractivity contribution is 7.91. The lowest BCUT2D eigenvalue weighted by Crippen LogP contribution is -2.43. The SMILES string of the molecule is C[C@H](C(=O)NCCN(C)C)C1CCN(S(=O)(=O)c2cccs2)CC1. The highest BCUT2D eigenvalue weighted by atomic mass is 32.2. The molecule has 0 unspecified atom stereocenters. The van der Waals surface area contributed by atoms with Crippen LogP contribution in [0.1, 0.15) is 19.8 Å². The van der Waals surface area contributed by atoms with E-state index in [-0.39, 0.29) is 17.7 Å². The Hall–Kier alpha value is -0.960. The van der Waals surface area contributed by atoms with E-state index in [0.29, 0.717) is 23.8 Å². The lowest BCUT2D eigenvalue weighted by atomic mass is 9.85. The summed E-state index contributed by atoms with van der Waals surface area (Å²) in [6.07, 6.45) is 1.46. The molecule has 8 heteroatoms. The summed E-state index contributed by atoms with van der Waals surface area (Å²) in [5.74, 6) is 0.217. The van der Waals surface area contributed by atoms with Crippen molar-refractivity contribution in [1.29, 1.82) is 0 Å². The van der Waals surface area contributed by atoms with Gasteiger partial charge in [0.25, 0.3) is 10.0 Å². The Balaban J connectivity index is 1.85. The van der Waals surface area contributed by atoms with Crippen molar-refractivity contribution in [1.82, 2.24) is 14.5 Å². The van der Waals surface area contributed by atoms with Crippen molar-refractivity contribution < 1.29 is 13.2 Å². The summed E-state index contributed by atoms with van der Waals surface area (Å²) < 4.78 is 27.0. The van der Waals surface area contributed by atoms with Crippen molar-refractivity contribution in [3.63, 3.8) is 0 Å². The van der Waals surface area contributed by atoms with Crippen LogP contribution in [-0.4, -0.2) is 63.8 Å². The van der Waals surface area contributed by atoms with Crippen molar-refractivity contribution in [2.24, 2.45) is 11.8 Å². The molecule has 1 atom stereocenters. The molecule has 1 saturated heterocycles. The molecule has 0 bridgehead atoms. The van der Waals surface area contributed by atoms with Crippen LogP contribution < -0.4 is 5.32 Å². The zero-order chi connectivity index (χ0) is 17.7. The zero-order valence-electron chi connectivity index (χ0n) is 14.6. The Kier molecular flexibility index (Phi) is 6.79. The molecule has 24 heavy (non-hydrogen) atoms. The van der Waals surface area contributed by atoms with E-state index in [1.165, 1.54) is 11.3 Å². The first-order valence-electron chi connectivity index (χ1n) is 8.28. The van der Waals surface area contributed by atoms with Crippen molar-refractivity contribution in [2.75, 3.05) is 40.3 Å². The second kappa shape index (κ2) is 8.42. The van der Waals surface area contributed by atoms with Gasteiger partial charge in [-0.05, 0) is 44.3 Å². The van der Waals surface area contributed by atoms with E-state index >= 15 is 0 Å². The summed E-state index contributed by atoms with van der Waals surface area (Å²) >= 11 is 1.25. The van der Waals surface area contributed by atoms with Gasteiger partial charge < -0.3 is 10.2 Å². The lowest BCUT2D eigenvalue weighted by Gasteiger charge is -2.33. The zero-order valence-corrected chi connectivity index (χ0v) is 16.2. The van der Waals surface area contributed by atoms with Crippen LogP contribution in [0, 0.1) is 11.8 Å². The Morgan fingerprint density at radius 1 is 1.42 bits per heavy atom. The summed E-state index contributed by atoms with van der Waals surface area (Å²) in [5.41, 5.74) is 0. The second-order valence-electron chi connectivity index (χ2n) is 6.56. The number of nitrogens with zero attached hydrogens (tertiary/aromatic N) is 2. The van der Waals surface area contributed by atoms with Gasteiger partial charge in [0, 0.05) is 32.1 Å². The first kappa shape index (κ1) is 19.4. The van der Waals surface area contributed by atoms with Gasteiger partial charge in [0.05, 0.1) is 0 Å². The molecule has 0 aliphatic carbocycles. The van der Waals surface area contributed by atoms with Crippen molar-refractivity contribution in [3.05, 3.63) is 17.5 Å². The Labute approximate surface area is 148 Å². The quantitative estimate of drug-likeness (QED) is 0.786. The van der Waals surface area contributed by atoms with Gasteiger partial charge in [0.15, 0.2) is 0 Å². The topological polar surface area (TPSA) is 69.7 Å².